The van der Waals surface area contributed by atoms with E-state index in [1.807, 2.05) is 0 Å². The van der Waals surface area contributed by atoms with E-state index in [9.17, 15) is 19.2 Å². The van der Waals surface area contributed by atoms with Crippen LogP contribution in [0.3, 0.4) is 0 Å². The molecule has 0 bridgehead atoms. The molecule has 0 fully saturated rings. The molecule has 3 unspecified atom stereocenters. The Hall–Kier alpha value is -2.58. The Morgan fingerprint density at radius 2 is 1.08 bits per heavy atom. The van der Waals surface area contributed by atoms with Crippen LogP contribution in [0.25, 0.3) is 0 Å². The van der Waals surface area contributed by atoms with E-state index in [4.69, 9.17) is 19.3 Å². The molecule has 0 saturated heterocycles. The molecule has 0 spiro atoms. The quantitative estimate of drug-likeness (QED) is 0.0277. The van der Waals surface area contributed by atoms with E-state index in [2.05, 4.69) is 32.7 Å². The van der Waals surface area contributed by atoms with Crippen LogP contribution in [0.4, 0.5) is 4.79 Å². The fourth-order valence-electron chi connectivity index (χ4n) is 6.59. The summed E-state index contributed by atoms with van der Waals surface area (Å²) in [6.07, 6.45) is 30.8. The molecule has 0 aromatic carbocycles. The predicted molar refractivity (Wildman–Crippen MR) is 211 cm³/mol. The second kappa shape index (κ2) is 36.8. The molecule has 0 aromatic heterocycles. The van der Waals surface area contributed by atoms with Crippen molar-refractivity contribution in [2.75, 3.05) is 13.2 Å². The number of ether oxygens (including phenoxy) is 3. The summed E-state index contributed by atoms with van der Waals surface area (Å²) in [6.45, 7) is 10.3. The molecule has 0 saturated carbocycles. The first-order chi connectivity index (χ1) is 25.2. The average molecular weight is 738 g/mol. The Balaban J connectivity index is 4.24. The summed E-state index contributed by atoms with van der Waals surface area (Å²) in [5.41, 5.74) is 0. The molecule has 0 heterocycles. The number of carbonyl (C=O) groups excluding carboxylic acids is 3. The van der Waals surface area contributed by atoms with Gasteiger partial charge in [0, 0.05) is 18.9 Å². The topological polar surface area (TPSA) is 128 Å². The lowest BCUT2D eigenvalue weighted by atomic mass is 9.93. The Morgan fingerprint density at radius 1 is 0.615 bits per heavy atom. The van der Waals surface area contributed by atoms with E-state index in [1.165, 1.54) is 64.2 Å². The zero-order chi connectivity index (χ0) is 38.5. The molecule has 0 rings (SSSR count). The molecule has 3 atom stereocenters. The lowest BCUT2D eigenvalue weighted by Gasteiger charge is -2.24. The summed E-state index contributed by atoms with van der Waals surface area (Å²) < 4.78 is 16.7. The van der Waals surface area contributed by atoms with E-state index in [0.717, 1.165) is 115 Å². The van der Waals surface area contributed by atoms with Gasteiger partial charge in [0.2, 0.25) is 0 Å². The van der Waals surface area contributed by atoms with E-state index >= 15 is 0 Å². The third-order valence-electron chi connectivity index (χ3n) is 9.90. The molecule has 9 nitrogen and oxygen atoms in total. The van der Waals surface area contributed by atoms with Crippen LogP contribution in [-0.4, -0.2) is 54.5 Å². The summed E-state index contributed by atoms with van der Waals surface area (Å²) in [4.78, 5) is 46.8. The second-order valence-electron chi connectivity index (χ2n) is 14.8. The normalized spacial score (nSPS) is 12.8. The van der Waals surface area contributed by atoms with E-state index in [0.29, 0.717) is 12.3 Å². The van der Waals surface area contributed by atoms with Crippen LogP contribution in [0.15, 0.2) is 12.7 Å². The number of amides is 1. The highest BCUT2D eigenvalue weighted by Gasteiger charge is 2.21. The van der Waals surface area contributed by atoms with Gasteiger partial charge >= 0.3 is 24.0 Å². The Kier molecular flexibility index (Phi) is 34.9. The summed E-state index contributed by atoms with van der Waals surface area (Å²) in [5, 5.41) is 11.4. The molecular formula is C43H79NO8. The number of carboxylic acid groups (broad SMARTS) is 1. The molecule has 2 N–H and O–H groups in total. The van der Waals surface area contributed by atoms with Crippen molar-refractivity contribution < 1.29 is 38.5 Å². The van der Waals surface area contributed by atoms with Crippen LogP contribution in [0.5, 0.6) is 0 Å². The maximum atomic E-state index is 12.8. The Morgan fingerprint density at radius 3 is 1.62 bits per heavy atom. The van der Waals surface area contributed by atoms with Gasteiger partial charge in [-0.1, -0.05) is 143 Å². The van der Waals surface area contributed by atoms with Crippen molar-refractivity contribution in [1.29, 1.82) is 0 Å². The maximum absolute atomic E-state index is 12.8. The first kappa shape index (κ1) is 49.4. The second-order valence-corrected chi connectivity index (χ2v) is 14.8. The van der Waals surface area contributed by atoms with Gasteiger partial charge in [0.25, 0.3) is 0 Å². The summed E-state index contributed by atoms with van der Waals surface area (Å²) in [7, 11) is 0. The van der Waals surface area contributed by atoms with Crippen LogP contribution in [0, 0.1) is 5.92 Å². The van der Waals surface area contributed by atoms with Crippen molar-refractivity contribution >= 4 is 24.0 Å². The van der Waals surface area contributed by atoms with E-state index in [-0.39, 0.29) is 37.7 Å². The largest absolute Gasteiger partial charge is 0.481 e. The van der Waals surface area contributed by atoms with Gasteiger partial charge in [-0.15, -0.1) is 0 Å². The van der Waals surface area contributed by atoms with Gasteiger partial charge < -0.3 is 24.6 Å². The molecule has 9 heteroatoms. The first-order valence-corrected chi connectivity index (χ1v) is 21.4. The highest BCUT2D eigenvalue weighted by Crippen LogP contribution is 2.23. The van der Waals surface area contributed by atoms with Crippen molar-refractivity contribution in [3.63, 3.8) is 0 Å². The number of hydrogen-bond donors (Lipinski definition) is 2. The Bertz CT molecular complexity index is 894. The number of carboxylic acids is 1. The predicted octanol–water partition coefficient (Wildman–Crippen LogP) is 11.8. The van der Waals surface area contributed by atoms with Crippen molar-refractivity contribution in [3.8, 4) is 0 Å². The van der Waals surface area contributed by atoms with E-state index < -0.39 is 18.0 Å². The van der Waals surface area contributed by atoms with Crippen molar-refractivity contribution in [2.24, 2.45) is 5.92 Å². The number of unbranched alkanes of at least 4 members (excludes halogenated alkanes) is 19. The standard InChI is InChI=1S/C43H79NO8/c1-5-8-10-24-30-38(51-43(49)44-35-36-50-41(47)7-3)31-25-19-15-11-14-18-22-28-34-42(48)52-39(37(4)29-23-9-6-2)32-26-20-16-12-13-17-21-27-33-40(45)46/h7,37-39H,3,5-6,8-36H2,1-2,4H3,(H,44,49)(H,45,46). The maximum Gasteiger partial charge on any atom is 0.407 e. The van der Waals surface area contributed by atoms with Gasteiger partial charge in [0.1, 0.15) is 18.8 Å². The molecule has 304 valence electrons. The van der Waals surface area contributed by atoms with Gasteiger partial charge in [-0.25, -0.2) is 9.59 Å². The number of alkyl carbamates (subject to hydrolysis) is 1. The molecule has 0 aliphatic heterocycles. The van der Waals surface area contributed by atoms with Gasteiger partial charge in [-0.3, -0.25) is 9.59 Å². The lowest BCUT2D eigenvalue weighted by molar-refractivity contribution is -0.152. The minimum atomic E-state index is -0.700. The molecule has 0 aliphatic rings. The van der Waals surface area contributed by atoms with Crippen LogP contribution >= 0.6 is 0 Å². The third-order valence-corrected chi connectivity index (χ3v) is 9.90. The highest BCUT2D eigenvalue weighted by molar-refractivity contribution is 5.81. The molecular weight excluding hydrogens is 658 g/mol. The average Bonchev–Trinajstić information content (AvgIpc) is 3.12. The minimum absolute atomic E-state index is 0.0186. The zero-order valence-electron chi connectivity index (χ0n) is 33.7. The molecule has 0 aromatic rings. The smallest absolute Gasteiger partial charge is 0.407 e. The summed E-state index contributed by atoms with van der Waals surface area (Å²) in [6, 6.07) is 0. The minimum Gasteiger partial charge on any atom is -0.481 e. The fourth-order valence-corrected chi connectivity index (χ4v) is 6.59. The van der Waals surface area contributed by atoms with Crippen LogP contribution < -0.4 is 5.32 Å². The number of nitrogens with one attached hydrogen (secondary N) is 1. The number of hydrogen-bond acceptors (Lipinski definition) is 7. The van der Waals surface area contributed by atoms with Crippen molar-refractivity contribution in [3.05, 3.63) is 12.7 Å². The lowest BCUT2D eigenvalue weighted by Crippen LogP contribution is -2.32. The first-order valence-electron chi connectivity index (χ1n) is 21.4. The summed E-state index contributed by atoms with van der Waals surface area (Å²) >= 11 is 0. The van der Waals surface area contributed by atoms with Gasteiger partial charge in [0.05, 0.1) is 6.54 Å². The molecule has 1 amide bonds. The monoisotopic (exact) mass is 738 g/mol. The van der Waals surface area contributed by atoms with Crippen molar-refractivity contribution in [2.45, 2.75) is 219 Å². The van der Waals surface area contributed by atoms with Gasteiger partial charge in [-0.2, -0.15) is 0 Å². The molecule has 52 heavy (non-hydrogen) atoms. The van der Waals surface area contributed by atoms with Crippen LogP contribution in [0.1, 0.15) is 207 Å². The van der Waals surface area contributed by atoms with Gasteiger partial charge in [0.15, 0.2) is 0 Å². The SMILES string of the molecule is C=CC(=O)OCCNC(=O)OC(CCCCCC)CCCCCCCCCCC(=O)OC(CCCCCCCCCCC(=O)O)C(C)CCCCC. The third kappa shape index (κ3) is 33.3. The van der Waals surface area contributed by atoms with Crippen molar-refractivity contribution in [1.82, 2.24) is 5.32 Å². The fraction of sp³-hybridized carbons (Fsp3) is 0.860. The number of esters is 2. The Labute approximate surface area is 318 Å². The summed E-state index contributed by atoms with van der Waals surface area (Å²) in [5.74, 6) is -0.852. The molecule has 0 radical (unpaired) electrons. The highest BCUT2D eigenvalue weighted by atomic mass is 16.6. The number of rotatable bonds is 38. The van der Waals surface area contributed by atoms with E-state index in [1.54, 1.807) is 0 Å². The number of carbonyl (C=O) groups is 4. The number of aliphatic carboxylic acids is 1. The van der Waals surface area contributed by atoms with Gasteiger partial charge in [-0.05, 0) is 63.7 Å². The zero-order valence-corrected chi connectivity index (χ0v) is 33.7. The van der Waals surface area contributed by atoms with Crippen LogP contribution in [0.2, 0.25) is 0 Å². The molecule has 0 aliphatic carbocycles. The van der Waals surface area contributed by atoms with Crippen LogP contribution in [-0.2, 0) is 28.6 Å².